The Bertz CT molecular complexity index is 1120. The minimum atomic E-state index is -0.387. The number of nitrogens with zero attached hydrogens (tertiary/aromatic N) is 2. The number of benzene rings is 2. The number of para-hydroxylation sites is 1. The summed E-state index contributed by atoms with van der Waals surface area (Å²) in [5.41, 5.74) is 2.93. The van der Waals surface area contributed by atoms with Gasteiger partial charge in [-0.15, -0.1) is 0 Å². The number of pyridine rings is 1. The Balaban J connectivity index is 1.62. The number of ether oxygens (including phenoxy) is 1. The van der Waals surface area contributed by atoms with Crippen molar-refractivity contribution in [2.24, 2.45) is 0 Å². The maximum Gasteiger partial charge on any atom is 0.337 e. The van der Waals surface area contributed by atoms with Gasteiger partial charge >= 0.3 is 5.97 Å². The van der Waals surface area contributed by atoms with Crippen molar-refractivity contribution in [3.8, 4) is 0 Å². The maximum absolute atomic E-state index is 12.9. The van der Waals surface area contributed by atoms with Crippen LogP contribution in [0.1, 0.15) is 15.9 Å². The number of amides is 1. The maximum atomic E-state index is 12.9. The molecule has 1 aliphatic rings. The zero-order valence-corrected chi connectivity index (χ0v) is 14.8. The van der Waals surface area contributed by atoms with Crippen molar-refractivity contribution < 1.29 is 14.3 Å². The van der Waals surface area contributed by atoms with Gasteiger partial charge < -0.3 is 14.2 Å². The summed E-state index contributed by atoms with van der Waals surface area (Å²) in [6, 6.07) is 14.0. The summed E-state index contributed by atoms with van der Waals surface area (Å²) in [6.07, 6.45) is 2.34. The van der Waals surface area contributed by atoms with Gasteiger partial charge in [0.1, 0.15) is 6.54 Å². The number of carbonyl (C=O) groups is 2. The van der Waals surface area contributed by atoms with Gasteiger partial charge in [0, 0.05) is 29.9 Å². The van der Waals surface area contributed by atoms with Gasteiger partial charge in [-0.05, 0) is 42.3 Å². The van der Waals surface area contributed by atoms with E-state index in [0.717, 1.165) is 16.8 Å². The number of fused-ring (bicyclic) bond motifs is 2. The normalized spacial score (nSPS) is 12.9. The number of esters is 1. The van der Waals surface area contributed by atoms with Crippen molar-refractivity contribution >= 4 is 28.5 Å². The molecule has 6 nitrogen and oxygen atoms in total. The molecule has 0 unspecified atom stereocenters. The zero-order valence-electron chi connectivity index (χ0n) is 14.8. The summed E-state index contributed by atoms with van der Waals surface area (Å²) in [7, 11) is 1.35. The molecule has 1 aliphatic heterocycles. The van der Waals surface area contributed by atoms with Gasteiger partial charge in [0.15, 0.2) is 5.43 Å². The largest absolute Gasteiger partial charge is 0.465 e. The summed E-state index contributed by atoms with van der Waals surface area (Å²) in [6.45, 7) is 0.704. The summed E-state index contributed by atoms with van der Waals surface area (Å²) in [4.78, 5) is 38.3. The third kappa shape index (κ3) is 2.99. The lowest BCUT2D eigenvalue weighted by atomic mass is 10.1. The predicted molar refractivity (Wildman–Crippen MR) is 102 cm³/mol. The molecule has 0 radical (unpaired) electrons. The monoisotopic (exact) mass is 362 g/mol. The van der Waals surface area contributed by atoms with Crippen LogP contribution >= 0.6 is 0 Å². The van der Waals surface area contributed by atoms with Gasteiger partial charge in [-0.25, -0.2) is 4.79 Å². The van der Waals surface area contributed by atoms with E-state index in [-0.39, 0.29) is 23.9 Å². The van der Waals surface area contributed by atoms with E-state index in [1.807, 2.05) is 18.2 Å². The molecular weight excluding hydrogens is 344 g/mol. The quantitative estimate of drug-likeness (QED) is 0.671. The number of methoxy groups -OCH3 is 1. The molecule has 0 aliphatic carbocycles. The van der Waals surface area contributed by atoms with Crippen molar-refractivity contribution in [2.45, 2.75) is 13.0 Å². The molecule has 27 heavy (non-hydrogen) atoms. The summed E-state index contributed by atoms with van der Waals surface area (Å²) in [5.74, 6) is -0.448. The Hall–Kier alpha value is -3.41. The fourth-order valence-electron chi connectivity index (χ4n) is 3.53. The van der Waals surface area contributed by atoms with Crippen LogP contribution in [0, 0.1) is 0 Å². The SMILES string of the molecule is COC(=O)c1ccc2c(c1)CCN2C(=O)Cn1ccc(=O)c2ccccc21. The van der Waals surface area contributed by atoms with Gasteiger partial charge in [-0.2, -0.15) is 0 Å². The second-order valence-electron chi connectivity index (χ2n) is 6.46. The van der Waals surface area contributed by atoms with Crippen LogP contribution in [0.15, 0.2) is 59.5 Å². The molecule has 2 heterocycles. The van der Waals surface area contributed by atoms with Crippen LogP contribution in [0.25, 0.3) is 10.9 Å². The minimum Gasteiger partial charge on any atom is -0.465 e. The first-order chi connectivity index (χ1) is 13.1. The zero-order chi connectivity index (χ0) is 19.0. The van der Waals surface area contributed by atoms with E-state index in [2.05, 4.69) is 0 Å². The van der Waals surface area contributed by atoms with Crippen LogP contribution in [-0.4, -0.2) is 30.1 Å². The topological polar surface area (TPSA) is 68.6 Å². The molecule has 0 atom stereocenters. The molecule has 1 amide bonds. The Morgan fingerprint density at radius 3 is 2.74 bits per heavy atom. The number of carbonyl (C=O) groups excluding carboxylic acids is 2. The third-order valence-electron chi connectivity index (χ3n) is 4.89. The fourth-order valence-corrected chi connectivity index (χ4v) is 3.53. The Kier molecular flexibility index (Phi) is 4.24. The average Bonchev–Trinajstić information content (AvgIpc) is 3.13. The molecule has 4 rings (SSSR count). The van der Waals surface area contributed by atoms with E-state index in [1.54, 1.807) is 39.9 Å². The van der Waals surface area contributed by atoms with E-state index in [1.165, 1.54) is 13.2 Å². The molecule has 0 spiro atoms. The lowest BCUT2D eigenvalue weighted by Gasteiger charge is -2.19. The first-order valence-electron chi connectivity index (χ1n) is 8.68. The molecule has 0 saturated heterocycles. The molecular formula is C21H18N2O4. The smallest absolute Gasteiger partial charge is 0.337 e. The summed E-state index contributed by atoms with van der Waals surface area (Å²) < 4.78 is 6.54. The highest BCUT2D eigenvalue weighted by Gasteiger charge is 2.26. The average molecular weight is 362 g/mol. The van der Waals surface area contributed by atoms with E-state index >= 15 is 0 Å². The number of hydrogen-bond acceptors (Lipinski definition) is 4. The van der Waals surface area contributed by atoms with Crippen LogP contribution in [0.3, 0.4) is 0 Å². The van der Waals surface area contributed by atoms with Gasteiger partial charge in [0.05, 0.1) is 18.2 Å². The number of rotatable bonds is 3. The molecule has 0 saturated carbocycles. The number of hydrogen-bond donors (Lipinski definition) is 0. The molecule has 2 aromatic carbocycles. The molecule has 3 aromatic rings. The Morgan fingerprint density at radius 2 is 1.93 bits per heavy atom. The van der Waals surface area contributed by atoms with Crippen molar-refractivity contribution in [2.75, 3.05) is 18.6 Å². The Labute approximate surface area is 155 Å². The molecule has 136 valence electrons. The molecule has 6 heteroatoms. The summed E-state index contributed by atoms with van der Waals surface area (Å²) in [5, 5.41) is 0.595. The van der Waals surface area contributed by atoms with Gasteiger partial charge in [-0.1, -0.05) is 12.1 Å². The molecule has 0 N–H and O–H groups in total. The van der Waals surface area contributed by atoms with Crippen LogP contribution in [0.2, 0.25) is 0 Å². The van der Waals surface area contributed by atoms with Crippen molar-refractivity contribution in [1.29, 1.82) is 0 Å². The van der Waals surface area contributed by atoms with E-state index in [9.17, 15) is 14.4 Å². The van der Waals surface area contributed by atoms with E-state index in [0.29, 0.717) is 23.9 Å². The van der Waals surface area contributed by atoms with Crippen molar-refractivity contribution in [3.05, 3.63) is 76.1 Å². The molecule has 0 fully saturated rings. The first kappa shape index (κ1) is 17.0. The minimum absolute atomic E-state index is 0.0591. The summed E-state index contributed by atoms with van der Waals surface area (Å²) >= 11 is 0. The third-order valence-corrected chi connectivity index (χ3v) is 4.89. The van der Waals surface area contributed by atoms with E-state index < -0.39 is 0 Å². The van der Waals surface area contributed by atoms with Gasteiger partial charge in [-0.3, -0.25) is 9.59 Å². The van der Waals surface area contributed by atoms with Crippen molar-refractivity contribution in [1.82, 2.24) is 4.57 Å². The van der Waals surface area contributed by atoms with Gasteiger partial charge in [0.25, 0.3) is 0 Å². The first-order valence-corrected chi connectivity index (χ1v) is 8.68. The molecule has 1 aromatic heterocycles. The lowest BCUT2D eigenvalue weighted by Crippen LogP contribution is -2.32. The second-order valence-corrected chi connectivity index (χ2v) is 6.46. The second kappa shape index (κ2) is 6.72. The highest BCUT2D eigenvalue weighted by Crippen LogP contribution is 2.29. The van der Waals surface area contributed by atoms with Crippen molar-refractivity contribution in [3.63, 3.8) is 0 Å². The molecule has 0 bridgehead atoms. The highest BCUT2D eigenvalue weighted by molar-refractivity contribution is 5.97. The fraction of sp³-hybridized carbons (Fsp3) is 0.190. The number of aromatic nitrogens is 1. The highest BCUT2D eigenvalue weighted by atomic mass is 16.5. The van der Waals surface area contributed by atoms with E-state index in [4.69, 9.17) is 4.74 Å². The van der Waals surface area contributed by atoms with Crippen LogP contribution in [0.5, 0.6) is 0 Å². The van der Waals surface area contributed by atoms with Gasteiger partial charge in [0.2, 0.25) is 5.91 Å². The lowest BCUT2D eigenvalue weighted by molar-refractivity contribution is -0.119. The Morgan fingerprint density at radius 1 is 1.11 bits per heavy atom. The van der Waals surface area contributed by atoms with Crippen LogP contribution in [0.4, 0.5) is 5.69 Å². The van der Waals surface area contributed by atoms with Crippen LogP contribution < -0.4 is 10.3 Å². The van der Waals surface area contributed by atoms with Crippen LogP contribution in [-0.2, 0) is 22.5 Å². The number of anilines is 1. The predicted octanol–water partition coefficient (Wildman–Crippen LogP) is 2.38. The standard InChI is InChI=1S/C21H18N2O4/c1-27-21(26)15-6-7-17-14(12-15)8-11-23(17)20(25)13-22-10-9-19(24)16-4-2-3-5-18(16)22/h2-7,9-10,12H,8,11,13H2,1H3.